The first-order chi connectivity index (χ1) is 6.90. The van der Waals surface area contributed by atoms with Gasteiger partial charge in [0.15, 0.2) is 6.29 Å². The van der Waals surface area contributed by atoms with Crippen molar-refractivity contribution in [2.45, 2.75) is 6.42 Å². The number of hydrogen-bond donors (Lipinski definition) is 0. The first-order valence-corrected chi connectivity index (χ1v) is 4.45. The van der Waals surface area contributed by atoms with E-state index in [0.717, 1.165) is 17.6 Å². The van der Waals surface area contributed by atoms with Crippen molar-refractivity contribution in [3.63, 3.8) is 0 Å². The zero-order valence-electron chi connectivity index (χ0n) is 7.64. The van der Waals surface area contributed by atoms with E-state index in [1.54, 1.807) is 12.3 Å². The summed E-state index contributed by atoms with van der Waals surface area (Å²) < 4.78 is 5.23. The van der Waals surface area contributed by atoms with Crippen LogP contribution in [-0.4, -0.2) is 6.29 Å². The molecule has 2 rings (SSSR count). The maximum absolute atomic E-state index is 10.6. The number of carbonyl (C=O) groups excluding carboxylic acids is 1. The zero-order valence-corrected chi connectivity index (χ0v) is 7.64. The summed E-state index contributed by atoms with van der Waals surface area (Å²) in [6.07, 6.45) is 3.03. The monoisotopic (exact) mass is 186 g/mol. The van der Waals surface area contributed by atoms with E-state index in [1.165, 1.54) is 0 Å². The van der Waals surface area contributed by atoms with Gasteiger partial charge in [-0.3, -0.25) is 4.79 Å². The van der Waals surface area contributed by atoms with Crippen LogP contribution in [0, 0.1) is 0 Å². The lowest BCUT2D eigenvalue weighted by Gasteiger charge is -1.97. The van der Waals surface area contributed by atoms with Gasteiger partial charge in [0.05, 0.1) is 11.8 Å². The van der Waals surface area contributed by atoms with Crippen LogP contribution in [0.5, 0.6) is 0 Å². The maximum atomic E-state index is 10.6. The van der Waals surface area contributed by atoms with E-state index in [0.29, 0.717) is 12.0 Å². The molecule has 0 atom stereocenters. The standard InChI is InChI=1S/C12H10O2/c13-9-11-6-7-14-12(11)8-10-4-2-1-3-5-10/h1-7,9H,8H2. The molecule has 0 fully saturated rings. The number of hydrogen-bond acceptors (Lipinski definition) is 2. The molecule has 0 N–H and O–H groups in total. The van der Waals surface area contributed by atoms with Crippen molar-refractivity contribution >= 4 is 6.29 Å². The van der Waals surface area contributed by atoms with E-state index in [1.807, 2.05) is 30.3 Å². The normalized spacial score (nSPS) is 10.0. The molecular weight excluding hydrogens is 176 g/mol. The average molecular weight is 186 g/mol. The largest absolute Gasteiger partial charge is 0.468 e. The van der Waals surface area contributed by atoms with Crippen molar-refractivity contribution in [2.24, 2.45) is 0 Å². The molecule has 0 saturated heterocycles. The summed E-state index contributed by atoms with van der Waals surface area (Å²) in [5, 5.41) is 0. The Labute approximate surface area is 82.2 Å². The van der Waals surface area contributed by atoms with Gasteiger partial charge in [-0.1, -0.05) is 30.3 Å². The number of aldehydes is 1. The molecule has 0 unspecified atom stereocenters. The third kappa shape index (κ3) is 1.74. The van der Waals surface area contributed by atoms with Crippen LogP contribution >= 0.6 is 0 Å². The number of furan rings is 1. The Morgan fingerprint density at radius 2 is 1.93 bits per heavy atom. The molecule has 1 aromatic heterocycles. The van der Waals surface area contributed by atoms with Gasteiger partial charge in [-0.2, -0.15) is 0 Å². The minimum Gasteiger partial charge on any atom is -0.468 e. The van der Waals surface area contributed by atoms with E-state index >= 15 is 0 Å². The minimum absolute atomic E-state index is 0.633. The molecule has 0 aliphatic carbocycles. The van der Waals surface area contributed by atoms with E-state index in [9.17, 15) is 4.79 Å². The Balaban J connectivity index is 2.23. The lowest BCUT2D eigenvalue weighted by molar-refractivity contribution is 0.112. The zero-order chi connectivity index (χ0) is 9.80. The molecule has 0 bridgehead atoms. The van der Waals surface area contributed by atoms with Crippen molar-refractivity contribution in [3.05, 3.63) is 59.5 Å². The molecule has 2 heteroatoms. The topological polar surface area (TPSA) is 30.2 Å². The Bertz CT molecular complexity index is 415. The van der Waals surface area contributed by atoms with Crippen molar-refractivity contribution in [1.82, 2.24) is 0 Å². The predicted octanol–water partition coefficient (Wildman–Crippen LogP) is 2.68. The van der Waals surface area contributed by atoms with Crippen LogP contribution in [0.4, 0.5) is 0 Å². The van der Waals surface area contributed by atoms with Gasteiger partial charge in [0.25, 0.3) is 0 Å². The van der Waals surface area contributed by atoms with Gasteiger partial charge in [0.2, 0.25) is 0 Å². The Kier molecular flexibility index (Phi) is 2.45. The summed E-state index contributed by atoms with van der Waals surface area (Å²) in [5.74, 6) is 0.728. The SMILES string of the molecule is O=Cc1ccoc1Cc1ccccc1. The molecule has 0 radical (unpaired) electrons. The van der Waals surface area contributed by atoms with Gasteiger partial charge in [-0.05, 0) is 11.6 Å². The maximum Gasteiger partial charge on any atom is 0.153 e. The molecule has 0 aliphatic heterocycles. The molecule has 2 nitrogen and oxygen atoms in total. The van der Waals surface area contributed by atoms with Crippen LogP contribution in [0.15, 0.2) is 47.1 Å². The van der Waals surface area contributed by atoms with E-state index in [2.05, 4.69) is 0 Å². The molecule has 1 aromatic carbocycles. The van der Waals surface area contributed by atoms with Gasteiger partial charge in [0.1, 0.15) is 5.76 Å². The summed E-state index contributed by atoms with van der Waals surface area (Å²) >= 11 is 0. The molecule has 70 valence electrons. The second kappa shape index (κ2) is 3.92. The molecule has 1 heterocycles. The molecule has 0 saturated carbocycles. The first-order valence-electron chi connectivity index (χ1n) is 4.45. The number of benzene rings is 1. The van der Waals surface area contributed by atoms with E-state index in [-0.39, 0.29) is 0 Å². The highest BCUT2D eigenvalue weighted by Gasteiger charge is 2.05. The fraction of sp³-hybridized carbons (Fsp3) is 0.0833. The Morgan fingerprint density at radius 1 is 1.14 bits per heavy atom. The van der Waals surface area contributed by atoms with Crippen molar-refractivity contribution < 1.29 is 9.21 Å². The second-order valence-electron chi connectivity index (χ2n) is 3.08. The van der Waals surface area contributed by atoms with Gasteiger partial charge in [-0.25, -0.2) is 0 Å². The summed E-state index contributed by atoms with van der Waals surface area (Å²) in [6.45, 7) is 0. The molecule has 0 spiro atoms. The minimum atomic E-state index is 0.633. The predicted molar refractivity (Wildman–Crippen MR) is 53.3 cm³/mol. The molecule has 0 amide bonds. The molecule has 2 aromatic rings. The van der Waals surface area contributed by atoms with E-state index in [4.69, 9.17) is 4.42 Å². The van der Waals surface area contributed by atoms with Gasteiger partial charge in [0, 0.05) is 6.42 Å². The number of rotatable bonds is 3. The third-order valence-electron chi connectivity index (χ3n) is 2.11. The lowest BCUT2D eigenvalue weighted by Crippen LogP contribution is -1.89. The van der Waals surface area contributed by atoms with Gasteiger partial charge < -0.3 is 4.42 Å². The number of carbonyl (C=O) groups is 1. The smallest absolute Gasteiger partial charge is 0.153 e. The highest BCUT2D eigenvalue weighted by atomic mass is 16.3. The van der Waals surface area contributed by atoms with Crippen LogP contribution in [0.25, 0.3) is 0 Å². The van der Waals surface area contributed by atoms with Gasteiger partial charge in [-0.15, -0.1) is 0 Å². The third-order valence-corrected chi connectivity index (χ3v) is 2.11. The Hall–Kier alpha value is -1.83. The van der Waals surface area contributed by atoms with Crippen molar-refractivity contribution in [3.8, 4) is 0 Å². The van der Waals surface area contributed by atoms with Crippen LogP contribution in [0.2, 0.25) is 0 Å². The molecular formula is C12H10O2. The summed E-state index contributed by atoms with van der Waals surface area (Å²) in [6, 6.07) is 11.6. The summed E-state index contributed by atoms with van der Waals surface area (Å²) in [7, 11) is 0. The van der Waals surface area contributed by atoms with Crippen LogP contribution in [-0.2, 0) is 6.42 Å². The Morgan fingerprint density at radius 3 is 2.64 bits per heavy atom. The van der Waals surface area contributed by atoms with Crippen LogP contribution in [0.1, 0.15) is 21.7 Å². The summed E-state index contributed by atoms with van der Waals surface area (Å²) in [4.78, 5) is 10.6. The molecule has 14 heavy (non-hydrogen) atoms. The van der Waals surface area contributed by atoms with E-state index < -0.39 is 0 Å². The first kappa shape index (κ1) is 8.75. The lowest BCUT2D eigenvalue weighted by atomic mass is 10.1. The molecule has 0 aliphatic rings. The fourth-order valence-corrected chi connectivity index (χ4v) is 1.38. The highest BCUT2D eigenvalue weighted by molar-refractivity contribution is 5.76. The van der Waals surface area contributed by atoms with Crippen LogP contribution < -0.4 is 0 Å². The van der Waals surface area contributed by atoms with Crippen molar-refractivity contribution in [2.75, 3.05) is 0 Å². The second-order valence-corrected chi connectivity index (χ2v) is 3.08. The van der Waals surface area contributed by atoms with Gasteiger partial charge >= 0.3 is 0 Å². The quantitative estimate of drug-likeness (QED) is 0.690. The fourth-order valence-electron chi connectivity index (χ4n) is 1.38. The highest BCUT2D eigenvalue weighted by Crippen LogP contribution is 2.13. The average Bonchev–Trinajstić information content (AvgIpc) is 2.67. The van der Waals surface area contributed by atoms with Crippen LogP contribution in [0.3, 0.4) is 0 Å². The summed E-state index contributed by atoms with van der Waals surface area (Å²) in [5.41, 5.74) is 1.78. The van der Waals surface area contributed by atoms with Crippen molar-refractivity contribution in [1.29, 1.82) is 0 Å².